The summed E-state index contributed by atoms with van der Waals surface area (Å²) in [7, 11) is 0. The van der Waals surface area contributed by atoms with Gasteiger partial charge in [-0.25, -0.2) is 5.73 Å². The molecule has 1 aromatic rings. The summed E-state index contributed by atoms with van der Waals surface area (Å²) in [5.41, 5.74) is 8.83. The highest BCUT2D eigenvalue weighted by atomic mass is 32.1. The van der Waals surface area contributed by atoms with E-state index < -0.39 is 0 Å². The van der Waals surface area contributed by atoms with Crippen molar-refractivity contribution in [1.82, 2.24) is 10.7 Å². The highest BCUT2D eigenvalue weighted by molar-refractivity contribution is 7.10. The van der Waals surface area contributed by atoms with Gasteiger partial charge in [0.15, 0.2) is 0 Å². The summed E-state index contributed by atoms with van der Waals surface area (Å²) >= 11 is 1.50. The Morgan fingerprint density at radius 2 is 2.60 bits per heavy atom. The predicted octanol–water partition coefficient (Wildman–Crippen LogP) is 1.17. The van der Waals surface area contributed by atoms with Crippen molar-refractivity contribution in [2.24, 2.45) is 0 Å². The van der Waals surface area contributed by atoms with Gasteiger partial charge in [-0.1, -0.05) is 11.8 Å². The van der Waals surface area contributed by atoms with Crippen molar-refractivity contribution in [3.05, 3.63) is 16.6 Å². The SMILES string of the molecule is CC([NH])C#Cc1cncs1. The van der Waals surface area contributed by atoms with E-state index in [2.05, 4.69) is 16.8 Å². The zero-order valence-electron chi connectivity index (χ0n) is 5.59. The van der Waals surface area contributed by atoms with Crippen LogP contribution in [0.2, 0.25) is 0 Å². The van der Waals surface area contributed by atoms with E-state index in [-0.39, 0.29) is 6.04 Å². The molecule has 0 aromatic carbocycles. The molecule has 0 saturated carbocycles. The Kier molecular flexibility index (Phi) is 2.43. The van der Waals surface area contributed by atoms with Crippen LogP contribution in [0.4, 0.5) is 0 Å². The van der Waals surface area contributed by atoms with Crippen molar-refractivity contribution in [3.8, 4) is 11.8 Å². The summed E-state index contributed by atoms with van der Waals surface area (Å²) in [4.78, 5) is 4.78. The van der Waals surface area contributed by atoms with E-state index in [1.807, 2.05) is 0 Å². The van der Waals surface area contributed by atoms with E-state index in [0.717, 1.165) is 4.88 Å². The molecule has 0 aliphatic carbocycles. The molecule has 1 N–H and O–H groups in total. The average molecular weight is 151 g/mol. The van der Waals surface area contributed by atoms with Crippen molar-refractivity contribution in [3.63, 3.8) is 0 Å². The molecule has 0 fully saturated rings. The summed E-state index contributed by atoms with van der Waals surface area (Å²) in [5.74, 6) is 5.58. The Labute approximate surface area is 64.1 Å². The Balaban J connectivity index is 2.66. The van der Waals surface area contributed by atoms with Crippen LogP contribution in [0.1, 0.15) is 11.8 Å². The average Bonchev–Trinajstić information content (AvgIpc) is 2.34. The van der Waals surface area contributed by atoms with Crippen LogP contribution >= 0.6 is 11.3 Å². The highest BCUT2D eigenvalue weighted by Gasteiger charge is 1.86. The second-order valence-electron chi connectivity index (χ2n) is 1.86. The number of rotatable bonds is 0. The first-order valence-electron chi connectivity index (χ1n) is 2.90. The number of hydrogen-bond donors (Lipinski definition) is 0. The highest BCUT2D eigenvalue weighted by Crippen LogP contribution is 2.01. The fraction of sp³-hybridized carbons (Fsp3) is 0.286. The molecule has 0 spiro atoms. The molecular formula is C7H7N2S. The van der Waals surface area contributed by atoms with Gasteiger partial charge in [0.25, 0.3) is 0 Å². The van der Waals surface area contributed by atoms with Gasteiger partial charge in [0.05, 0.1) is 22.6 Å². The molecule has 1 rings (SSSR count). The molecule has 0 aliphatic rings. The third kappa shape index (κ3) is 2.18. The number of aromatic nitrogens is 1. The van der Waals surface area contributed by atoms with Gasteiger partial charge in [-0.15, -0.1) is 11.3 Å². The lowest BCUT2D eigenvalue weighted by atomic mass is 10.3. The van der Waals surface area contributed by atoms with Crippen molar-refractivity contribution < 1.29 is 0 Å². The Morgan fingerprint density at radius 3 is 3.10 bits per heavy atom. The smallest absolute Gasteiger partial charge is 0.0967 e. The van der Waals surface area contributed by atoms with Crippen LogP contribution in [0.15, 0.2) is 11.7 Å². The van der Waals surface area contributed by atoms with Crippen molar-refractivity contribution in [2.75, 3.05) is 0 Å². The van der Waals surface area contributed by atoms with E-state index in [1.165, 1.54) is 11.3 Å². The third-order valence-electron chi connectivity index (χ3n) is 0.844. The fourth-order valence-electron chi connectivity index (χ4n) is 0.457. The zero-order chi connectivity index (χ0) is 7.40. The molecule has 0 bridgehead atoms. The summed E-state index contributed by atoms with van der Waals surface area (Å²) in [6.07, 6.45) is 1.71. The van der Waals surface area contributed by atoms with Crippen LogP contribution in [0, 0.1) is 11.8 Å². The lowest BCUT2D eigenvalue weighted by Crippen LogP contribution is -1.95. The molecule has 1 radical (unpaired) electrons. The summed E-state index contributed by atoms with van der Waals surface area (Å²) < 4.78 is 0. The van der Waals surface area contributed by atoms with Gasteiger partial charge in [0.2, 0.25) is 0 Å². The molecular weight excluding hydrogens is 144 g/mol. The maximum absolute atomic E-state index is 7.09. The van der Waals surface area contributed by atoms with Crippen LogP contribution in [0.5, 0.6) is 0 Å². The van der Waals surface area contributed by atoms with Crippen LogP contribution in [-0.4, -0.2) is 11.0 Å². The predicted molar refractivity (Wildman–Crippen MR) is 41.6 cm³/mol. The zero-order valence-corrected chi connectivity index (χ0v) is 6.40. The van der Waals surface area contributed by atoms with Crippen LogP contribution in [-0.2, 0) is 0 Å². The van der Waals surface area contributed by atoms with Crippen molar-refractivity contribution in [1.29, 1.82) is 0 Å². The molecule has 0 saturated heterocycles. The number of nitrogens with one attached hydrogen (secondary N) is 1. The normalized spacial score (nSPS) is 11.8. The van der Waals surface area contributed by atoms with Crippen LogP contribution in [0.25, 0.3) is 0 Å². The number of thiazole rings is 1. The minimum Gasteiger partial charge on any atom is -0.252 e. The van der Waals surface area contributed by atoms with Gasteiger partial charge in [-0.05, 0) is 6.92 Å². The Hall–Kier alpha value is -0.850. The van der Waals surface area contributed by atoms with Crippen molar-refractivity contribution in [2.45, 2.75) is 13.0 Å². The van der Waals surface area contributed by atoms with Crippen molar-refractivity contribution >= 4 is 11.3 Å². The minimum atomic E-state index is -0.304. The largest absolute Gasteiger partial charge is 0.252 e. The molecule has 51 valence electrons. The number of hydrogen-bond acceptors (Lipinski definition) is 2. The molecule has 2 nitrogen and oxygen atoms in total. The van der Waals surface area contributed by atoms with E-state index in [0.29, 0.717) is 0 Å². The molecule has 1 aromatic heterocycles. The first-order chi connectivity index (χ1) is 4.79. The lowest BCUT2D eigenvalue weighted by Gasteiger charge is -1.83. The van der Waals surface area contributed by atoms with Gasteiger partial charge in [0, 0.05) is 0 Å². The molecule has 1 heterocycles. The lowest BCUT2D eigenvalue weighted by molar-refractivity contribution is 0.922. The minimum absolute atomic E-state index is 0.304. The van der Waals surface area contributed by atoms with Gasteiger partial charge < -0.3 is 0 Å². The van der Waals surface area contributed by atoms with E-state index in [1.54, 1.807) is 18.6 Å². The second kappa shape index (κ2) is 3.35. The molecule has 0 amide bonds. The van der Waals surface area contributed by atoms with E-state index >= 15 is 0 Å². The van der Waals surface area contributed by atoms with Gasteiger partial charge >= 0.3 is 0 Å². The monoisotopic (exact) mass is 151 g/mol. The standard InChI is InChI=1S/C7H7N2S/c1-6(8)2-3-7-4-9-5-10-7/h4-6,8H,1H3. The molecule has 1 unspecified atom stereocenters. The van der Waals surface area contributed by atoms with Gasteiger partial charge in [0.1, 0.15) is 0 Å². The summed E-state index contributed by atoms with van der Waals surface area (Å²) in [6, 6.07) is -0.304. The second-order valence-corrected chi connectivity index (χ2v) is 2.74. The maximum Gasteiger partial charge on any atom is 0.0967 e. The van der Waals surface area contributed by atoms with Crippen LogP contribution in [0.3, 0.4) is 0 Å². The van der Waals surface area contributed by atoms with Gasteiger partial charge in [-0.3, -0.25) is 4.98 Å². The molecule has 3 heteroatoms. The first-order valence-corrected chi connectivity index (χ1v) is 3.78. The molecule has 0 aliphatic heterocycles. The number of nitrogens with zero attached hydrogens (tertiary/aromatic N) is 1. The van der Waals surface area contributed by atoms with E-state index in [9.17, 15) is 0 Å². The summed E-state index contributed by atoms with van der Waals surface area (Å²) in [5, 5.41) is 0. The first kappa shape index (κ1) is 7.26. The van der Waals surface area contributed by atoms with E-state index in [4.69, 9.17) is 5.73 Å². The van der Waals surface area contributed by atoms with Crippen LogP contribution < -0.4 is 5.73 Å². The molecule has 10 heavy (non-hydrogen) atoms. The third-order valence-corrected chi connectivity index (χ3v) is 1.53. The topological polar surface area (TPSA) is 36.7 Å². The van der Waals surface area contributed by atoms with Gasteiger partial charge in [-0.2, -0.15) is 0 Å². The Morgan fingerprint density at radius 1 is 1.80 bits per heavy atom. The fourth-order valence-corrected chi connectivity index (χ4v) is 0.932. The maximum atomic E-state index is 7.09. The summed E-state index contributed by atoms with van der Waals surface area (Å²) in [6.45, 7) is 1.74. The quantitative estimate of drug-likeness (QED) is 0.513. The Bertz CT molecular complexity index is 240. The molecule has 1 atom stereocenters.